The summed E-state index contributed by atoms with van der Waals surface area (Å²) in [7, 11) is 0. The Morgan fingerprint density at radius 1 is 1.17 bits per heavy atom. The van der Waals surface area contributed by atoms with Crippen LogP contribution in [0.5, 0.6) is 0 Å². The fourth-order valence-electron chi connectivity index (χ4n) is 3.18. The van der Waals surface area contributed by atoms with Crippen molar-refractivity contribution < 1.29 is 19.1 Å². The molecule has 0 unspecified atom stereocenters. The molecule has 0 aliphatic carbocycles. The Hall–Kier alpha value is -3.62. The van der Waals surface area contributed by atoms with Crippen LogP contribution in [0.2, 0.25) is 0 Å². The molecule has 3 aromatic rings. The number of hydrogen-bond donors (Lipinski definition) is 1. The molecule has 9 nitrogen and oxygen atoms in total. The Bertz CT molecular complexity index is 1100. The van der Waals surface area contributed by atoms with E-state index < -0.39 is 5.97 Å². The SMILES string of the molecule is CC(=O)N[C@@H](C)c1ccc(C(=O)COC(=O)Cc2c(C)nc3ncnn3c2C)cc1. The van der Waals surface area contributed by atoms with E-state index in [2.05, 4.69) is 20.4 Å². The molecule has 2 aromatic heterocycles. The zero-order chi connectivity index (χ0) is 21.8. The third-order valence-corrected chi connectivity index (χ3v) is 4.83. The average Bonchev–Trinajstić information content (AvgIpc) is 3.17. The van der Waals surface area contributed by atoms with Crippen molar-refractivity contribution in [3.05, 3.63) is 58.7 Å². The van der Waals surface area contributed by atoms with E-state index in [1.54, 1.807) is 35.7 Å². The molecule has 1 N–H and O–H groups in total. The number of benzene rings is 1. The Kier molecular flexibility index (Phi) is 6.20. The summed E-state index contributed by atoms with van der Waals surface area (Å²) in [6.45, 7) is 6.57. The summed E-state index contributed by atoms with van der Waals surface area (Å²) in [6, 6.07) is 6.68. The van der Waals surface area contributed by atoms with Crippen molar-refractivity contribution in [3.8, 4) is 0 Å². The molecule has 0 saturated heterocycles. The first kappa shape index (κ1) is 21.1. The monoisotopic (exact) mass is 409 g/mol. The van der Waals surface area contributed by atoms with E-state index in [0.29, 0.717) is 22.6 Å². The highest BCUT2D eigenvalue weighted by Crippen LogP contribution is 2.15. The van der Waals surface area contributed by atoms with Crippen molar-refractivity contribution in [2.75, 3.05) is 6.61 Å². The van der Waals surface area contributed by atoms with Crippen LogP contribution in [0, 0.1) is 13.8 Å². The molecule has 0 fully saturated rings. The minimum atomic E-state index is -0.522. The predicted molar refractivity (Wildman–Crippen MR) is 108 cm³/mol. The van der Waals surface area contributed by atoms with Crippen molar-refractivity contribution in [2.24, 2.45) is 0 Å². The van der Waals surface area contributed by atoms with Crippen LogP contribution in [-0.4, -0.2) is 43.8 Å². The van der Waals surface area contributed by atoms with Gasteiger partial charge in [0.25, 0.3) is 5.78 Å². The molecule has 0 radical (unpaired) electrons. The summed E-state index contributed by atoms with van der Waals surface area (Å²) in [5.41, 5.74) is 3.42. The van der Waals surface area contributed by atoms with Gasteiger partial charge in [-0.25, -0.2) is 9.50 Å². The molecule has 30 heavy (non-hydrogen) atoms. The van der Waals surface area contributed by atoms with E-state index in [4.69, 9.17) is 4.74 Å². The second-order valence-electron chi connectivity index (χ2n) is 7.04. The molecular formula is C21H23N5O4. The molecule has 1 atom stereocenters. The van der Waals surface area contributed by atoms with Gasteiger partial charge in [0.2, 0.25) is 5.91 Å². The van der Waals surface area contributed by atoms with Gasteiger partial charge in [0, 0.05) is 29.4 Å². The third-order valence-electron chi connectivity index (χ3n) is 4.83. The number of fused-ring (bicyclic) bond motifs is 1. The maximum Gasteiger partial charge on any atom is 0.310 e. The van der Waals surface area contributed by atoms with Crippen LogP contribution in [0.15, 0.2) is 30.6 Å². The minimum absolute atomic E-state index is 0.0130. The van der Waals surface area contributed by atoms with Crippen molar-refractivity contribution in [1.82, 2.24) is 24.9 Å². The van der Waals surface area contributed by atoms with Gasteiger partial charge in [0.05, 0.1) is 12.5 Å². The first-order valence-corrected chi connectivity index (χ1v) is 9.48. The van der Waals surface area contributed by atoms with E-state index in [9.17, 15) is 14.4 Å². The normalized spacial score (nSPS) is 11.9. The summed E-state index contributed by atoms with van der Waals surface area (Å²) < 4.78 is 6.74. The lowest BCUT2D eigenvalue weighted by Crippen LogP contribution is -2.23. The smallest absolute Gasteiger partial charge is 0.310 e. The van der Waals surface area contributed by atoms with E-state index >= 15 is 0 Å². The number of nitrogens with one attached hydrogen (secondary N) is 1. The molecule has 0 saturated carbocycles. The third kappa shape index (κ3) is 4.68. The standard InChI is InChI=1S/C21H23N5O4/c1-12(24-15(4)27)16-5-7-17(8-6-16)19(28)10-30-20(29)9-18-13(2)25-21-22-11-23-26(21)14(18)3/h5-8,11-12H,9-10H2,1-4H3,(H,24,27)/t12-/m0/s1. The number of Topliss-reactive ketones (excluding diaryl/α,β-unsaturated/α-hetero) is 1. The van der Waals surface area contributed by atoms with Gasteiger partial charge in [-0.3, -0.25) is 14.4 Å². The van der Waals surface area contributed by atoms with E-state index in [-0.39, 0.29) is 30.8 Å². The van der Waals surface area contributed by atoms with Gasteiger partial charge in [0.15, 0.2) is 12.4 Å². The van der Waals surface area contributed by atoms with Gasteiger partial charge >= 0.3 is 5.97 Å². The molecule has 1 aromatic carbocycles. The molecule has 9 heteroatoms. The van der Waals surface area contributed by atoms with Crippen LogP contribution in [0.1, 0.15) is 52.8 Å². The fraction of sp³-hybridized carbons (Fsp3) is 0.333. The lowest BCUT2D eigenvalue weighted by atomic mass is 10.0. The van der Waals surface area contributed by atoms with Gasteiger partial charge in [-0.2, -0.15) is 10.1 Å². The van der Waals surface area contributed by atoms with Crippen LogP contribution < -0.4 is 5.32 Å². The van der Waals surface area contributed by atoms with Gasteiger partial charge in [-0.1, -0.05) is 24.3 Å². The number of aryl methyl sites for hydroxylation is 2. The number of amides is 1. The summed E-state index contributed by atoms with van der Waals surface area (Å²) in [4.78, 5) is 44.2. The number of rotatable bonds is 7. The second-order valence-corrected chi connectivity index (χ2v) is 7.04. The molecule has 0 aliphatic heterocycles. The van der Waals surface area contributed by atoms with Crippen molar-refractivity contribution in [2.45, 2.75) is 40.2 Å². The molecule has 0 aliphatic rings. The van der Waals surface area contributed by atoms with Crippen LogP contribution in [0.3, 0.4) is 0 Å². The van der Waals surface area contributed by atoms with Gasteiger partial charge in [0.1, 0.15) is 6.33 Å². The topological polar surface area (TPSA) is 116 Å². The van der Waals surface area contributed by atoms with Gasteiger partial charge < -0.3 is 10.1 Å². The van der Waals surface area contributed by atoms with Crippen LogP contribution >= 0.6 is 0 Å². The van der Waals surface area contributed by atoms with Crippen LogP contribution in [0.25, 0.3) is 5.78 Å². The molecule has 2 heterocycles. The molecule has 0 bridgehead atoms. The van der Waals surface area contributed by atoms with Crippen LogP contribution in [-0.2, 0) is 20.7 Å². The quantitative estimate of drug-likeness (QED) is 0.468. The fourth-order valence-corrected chi connectivity index (χ4v) is 3.18. The number of esters is 1. The molecule has 3 rings (SSSR count). The number of ether oxygens (including phenoxy) is 1. The summed E-state index contributed by atoms with van der Waals surface area (Å²) in [6.07, 6.45) is 1.39. The highest BCUT2D eigenvalue weighted by molar-refractivity contribution is 5.98. The summed E-state index contributed by atoms with van der Waals surface area (Å²) in [5, 5.41) is 6.87. The van der Waals surface area contributed by atoms with E-state index in [0.717, 1.165) is 11.3 Å². The maximum absolute atomic E-state index is 12.4. The zero-order valence-corrected chi connectivity index (χ0v) is 17.3. The van der Waals surface area contributed by atoms with E-state index in [1.165, 1.54) is 13.3 Å². The zero-order valence-electron chi connectivity index (χ0n) is 17.3. The first-order chi connectivity index (χ1) is 14.3. The largest absolute Gasteiger partial charge is 0.457 e. The second kappa shape index (κ2) is 8.81. The lowest BCUT2D eigenvalue weighted by molar-refractivity contribution is -0.141. The molecule has 156 valence electrons. The average molecular weight is 409 g/mol. The highest BCUT2D eigenvalue weighted by atomic mass is 16.5. The summed E-state index contributed by atoms with van der Waals surface area (Å²) >= 11 is 0. The Morgan fingerprint density at radius 2 is 1.87 bits per heavy atom. The van der Waals surface area contributed by atoms with Crippen molar-refractivity contribution in [3.63, 3.8) is 0 Å². The summed E-state index contributed by atoms with van der Waals surface area (Å²) in [5.74, 6) is -0.487. The predicted octanol–water partition coefficient (Wildman–Crippen LogP) is 1.91. The number of carbonyl (C=O) groups excluding carboxylic acids is 3. The Balaban J connectivity index is 1.60. The van der Waals surface area contributed by atoms with E-state index in [1.807, 2.05) is 13.8 Å². The van der Waals surface area contributed by atoms with Gasteiger partial charge in [-0.05, 0) is 26.3 Å². The molecular weight excluding hydrogens is 386 g/mol. The molecule has 1 amide bonds. The lowest BCUT2D eigenvalue weighted by Gasteiger charge is -2.13. The van der Waals surface area contributed by atoms with Crippen molar-refractivity contribution in [1.29, 1.82) is 0 Å². The number of aromatic nitrogens is 4. The number of hydrogen-bond acceptors (Lipinski definition) is 7. The Morgan fingerprint density at radius 3 is 2.53 bits per heavy atom. The van der Waals surface area contributed by atoms with Crippen molar-refractivity contribution >= 4 is 23.4 Å². The maximum atomic E-state index is 12.4. The Labute approximate surface area is 173 Å². The number of nitrogens with zero attached hydrogens (tertiary/aromatic N) is 4. The molecule has 0 spiro atoms. The minimum Gasteiger partial charge on any atom is -0.457 e. The highest BCUT2D eigenvalue weighted by Gasteiger charge is 2.17. The number of carbonyl (C=O) groups is 3. The van der Waals surface area contributed by atoms with Crippen LogP contribution in [0.4, 0.5) is 0 Å². The number of ketones is 1. The van der Waals surface area contributed by atoms with Gasteiger partial charge in [-0.15, -0.1) is 0 Å². The first-order valence-electron chi connectivity index (χ1n) is 9.48.